The standard InChI is InChI=1S/C21H35N5OS/c1-22-21(24-12-11-23-20(27)17-8-3-2-4-9-17)25-16-18(19-10-7-15-28-19)26-13-5-6-14-26/h7,10,15,17-18H,2-6,8-9,11-14,16H2,1H3,(H,23,27)(H2,22,24,25). The number of hydrogen-bond donors (Lipinski definition) is 3. The maximum absolute atomic E-state index is 12.2. The molecule has 156 valence electrons. The van der Waals surface area contributed by atoms with Gasteiger partial charge >= 0.3 is 0 Å². The van der Waals surface area contributed by atoms with Gasteiger partial charge in [-0.3, -0.25) is 14.7 Å². The Morgan fingerprint density at radius 2 is 1.89 bits per heavy atom. The van der Waals surface area contributed by atoms with Crippen LogP contribution < -0.4 is 16.0 Å². The molecule has 0 radical (unpaired) electrons. The van der Waals surface area contributed by atoms with E-state index in [1.807, 2.05) is 11.3 Å². The van der Waals surface area contributed by atoms with E-state index in [0.717, 1.165) is 25.3 Å². The minimum Gasteiger partial charge on any atom is -0.355 e. The number of amides is 1. The molecule has 0 bridgehead atoms. The molecule has 2 fully saturated rings. The Morgan fingerprint density at radius 3 is 2.57 bits per heavy atom. The number of carbonyl (C=O) groups excluding carboxylic acids is 1. The summed E-state index contributed by atoms with van der Waals surface area (Å²) in [5.41, 5.74) is 0. The van der Waals surface area contributed by atoms with E-state index in [1.165, 1.54) is 50.1 Å². The molecule has 3 N–H and O–H groups in total. The van der Waals surface area contributed by atoms with Crippen LogP contribution in [0.2, 0.25) is 0 Å². The summed E-state index contributed by atoms with van der Waals surface area (Å²) < 4.78 is 0. The summed E-state index contributed by atoms with van der Waals surface area (Å²) in [5.74, 6) is 1.24. The topological polar surface area (TPSA) is 68.8 Å². The maximum atomic E-state index is 12.2. The van der Waals surface area contributed by atoms with E-state index in [4.69, 9.17) is 0 Å². The number of thiophene rings is 1. The smallest absolute Gasteiger partial charge is 0.223 e. The molecular weight excluding hydrogens is 370 g/mol. The number of nitrogens with one attached hydrogen (secondary N) is 3. The zero-order chi connectivity index (χ0) is 19.6. The van der Waals surface area contributed by atoms with Gasteiger partial charge in [0.05, 0.1) is 6.04 Å². The van der Waals surface area contributed by atoms with E-state index in [9.17, 15) is 4.79 Å². The van der Waals surface area contributed by atoms with Gasteiger partial charge in [0.1, 0.15) is 0 Å². The molecule has 6 nitrogen and oxygen atoms in total. The summed E-state index contributed by atoms with van der Waals surface area (Å²) in [6.07, 6.45) is 8.32. The van der Waals surface area contributed by atoms with Gasteiger partial charge in [0, 0.05) is 37.5 Å². The normalized spacial score (nSPS) is 20.1. The van der Waals surface area contributed by atoms with Crippen LogP contribution in [0.1, 0.15) is 55.9 Å². The molecule has 0 spiro atoms. The Balaban J connectivity index is 1.39. The highest BCUT2D eigenvalue weighted by Gasteiger charge is 2.24. The van der Waals surface area contributed by atoms with Gasteiger partial charge in [0.2, 0.25) is 5.91 Å². The lowest BCUT2D eigenvalue weighted by Gasteiger charge is -2.27. The minimum atomic E-state index is 0.219. The van der Waals surface area contributed by atoms with E-state index >= 15 is 0 Å². The van der Waals surface area contributed by atoms with Crippen molar-refractivity contribution in [1.82, 2.24) is 20.9 Å². The Bertz CT molecular complexity index is 606. The average molecular weight is 406 g/mol. The molecule has 0 aromatic carbocycles. The monoisotopic (exact) mass is 405 g/mol. The number of aliphatic imine (C=N–C) groups is 1. The highest BCUT2D eigenvalue weighted by atomic mass is 32.1. The molecule has 1 unspecified atom stereocenters. The fourth-order valence-electron chi connectivity index (χ4n) is 4.23. The summed E-state index contributed by atoms with van der Waals surface area (Å²) in [6, 6.07) is 4.75. The second-order valence-corrected chi connectivity index (χ2v) is 8.76. The lowest BCUT2D eigenvalue weighted by molar-refractivity contribution is -0.125. The van der Waals surface area contributed by atoms with Crippen LogP contribution in [0.3, 0.4) is 0 Å². The van der Waals surface area contributed by atoms with Crippen LogP contribution in [0.15, 0.2) is 22.5 Å². The van der Waals surface area contributed by atoms with Gasteiger partial charge in [-0.25, -0.2) is 0 Å². The number of guanidine groups is 1. The van der Waals surface area contributed by atoms with E-state index < -0.39 is 0 Å². The number of likely N-dealkylation sites (tertiary alicyclic amines) is 1. The van der Waals surface area contributed by atoms with E-state index in [0.29, 0.717) is 19.1 Å². The van der Waals surface area contributed by atoms with E-state index in [2.05, 4.69) is 43.4 Å². The van der Waals surface area contributed by atoms with Crippen molar-refractivity contribution in [2.24, 2.45) is 10.9 Å². The molecule has 28 heavy (non-hydrogen) atoms. The number of nitrogens with zero attached hydrogens (tertiary/aromatic N) is 2. The molecule has 7 heteroatoms. The molecule has 3 rings (SSSR count). The number of rotatable bonds is 8. The Morgan fingerprint density at radius 1 is 1.14 bits per heavy atom. The molecule has 2 aliphatic rings. The Hall–Kier alpha value is -1.60. The van der Waals surface area contributed by atoms with Crippen LogP contribution in [0.5, 0.6) is 0 Å². The van der Waals surface area contributed by atoms with Crippen molar-refractivity contribution in [1.29, 1.82) is 0 Å². The third-order valence-electron chi connectivity index (χ3n) is 5.83. The van der Waals surface area contributed by atoms with Gasteiger partial charge in [0.25, 0.3) is 0 Å². The lowest BCUT2D eigenvalue weighted by Crippen LogP contribution is -2.45. The van der Waals surface area contributed by atoms with Crippen molar-refractivity contribution in [2.75, 3.05) is 39.8 Å². The first-order valence-corrected chi connectivity index (χ1v) is 11.7. The molecule has 1 amide bonds. The van der Waals surface area contributed by atoms with Crippen LogP contribution in [0.4, 0.5) is 0 Å². The molecule has 1 aromatic rings. The first-order chi connectivity index (χ1) is 13.8. The second kappa shape index (κ2) is 11.4. The summed E-state index contributed by atoms with van der Waals surface area (Å²) in [6.45, 7) is 4.50. The minimum absolute atomic E-state index is 0.219. The van der Waals surface area contributed by atoms with Crippen LogP contribution in [0, 0.1) is 5.92 Å². The molecule has 1 aromatic heterocycles. The Kier molecular flexibility index (Phi) is 8.61. The SMILES string of the molecule is CN=C(NCCNC(=O)C1CCCCC1)NCC(c1cccs1)N1CCCC1. The Labute approximate surface area is 173 Å². The molecular formula is C21H35N5OS. The lowest BCUT2D eigenvalue weighted by atomic mass is 9.89. The molecule has 2 heterocycles. The van der Waals surface area contributed by atoms with Gasteiger partial charge in [-0.1, -0.05) is 25.3 Å². The highest BCUT2D eigenvalue weighted by molar-refractivity contribution is 7.10. The first-order valence-electron chi connectivity index (χ1n) is 10.8. The van der Waals surface area contributed by atoms with Crippen molar-refractivity contribution in [2.45, 2.75) is 51.0 Å². The predicted molar refractivity (Wildman–Crippen MR) is 117 cm³/mol. The van der Waals surface area contributed by atoms with Crippen molar-refractivity contribution >= 4 is 23.2 Å². The largest absolute Gasteiger partial charge is 0.355 e. The number of hydrogen-bond acceptors (Lipinski definition) is 4. The third kappa shape index (κ3) is 6.21. The summed E-state index contributed by atoms with van der Waals surface area (Å²) >= 11 is 1.83. The van der Waals surface area contributed by atoms with Crippen molar-refractivity contribution in [3.05, 3.63) is 22.4 Å². The van der Waals surface area contributed by atoms with Crippen LogP contribution >= 0.6 is 11.3 Å². The molecule has 1 aliphatic heterocycles. The summed E-state index contributed by atoms with van der Waals surface area (Å²) in [4.78, 5) is 20.5. The molecule has 1 atom stereocenters. The quantitative estimate of drug-likeness (QED) is 0.353. The van der Waals surface area contributed by atoms with Crippen LogP contribution in [0.25, 0.3) is 0 Å². The molecule has 1 aliphatic carbocycles. The van der Waals surface area contributed by atoms with Crippen molar-refractivity contribution < 1.29 is 4.79 Å². The predicted octanol–water partition coefficient (Wildman–Crippen LogP) is 2.75. The average Bonchev–Trinajstić information content (AvgIpc) is 3.45. The van der Waals surface area contributed by atoms with Crippen molar-refractivity contribution in [3.63, 3.8) is 0 Å². The number of carbonyl (C=O) groups is 1. The molecule has 1 saturated carbocycles. The van der Waals surface area contributed by atoms with Gasteiger partial charge < -0.3 is 16.0 Å². The van der Waals surface area contributed by atoms with Crippen LogP contribution in [-0.2, 0) is 4.79 Å². The second-order valence-electron chi connectivity index (χ2n) is 7.78. The fraction of sp³-hybridized carbons (Fsp3) is 0.714. The van der Waals surface area contributed by atoms with Gasteiger partial charge in [0.15, 0.2) is 5.96 Å². The van der Waals surface area contributed by atoms with Gasteiger partial charge in [-0.15, -0.1) is 11.3 Å². The van der Waals surface area contributed by atoms with Crippen molar-refractivity contribution in [3.8, 4) is 0 Å². The third-order valence-corrected chi connectivity index (χ3v) is 6.81. The van der Waals surface area contributed by atoms with Gasteiger partial charge in [-0.05, 0) is 50.2 Å². The zero-order valence-electron chi connectivity index (χ0n) is 17.1. The zero-order valence-corrected chi connectivity index (χ0v) is 17.9. The highest BCUT2D eigenvalue weighted by Crippen LogP contribution is 2.27. The fourth-order valence-corrected chi connectivity index (χ4v) is 5.09. The molecule has 1 saturated heterocycles. The maximum Gasteiger partial charge on any atom is 0.223 e. The summed E-state index contributed by atoms with van der Waals surface area (Å²) in [5, 5.41) is 12.0. The van der Waals surface area contributed by atoms with Gasteiger partial charge in [-0.2, -0.15) is 0 Å². The first kappa shape index (κ1) is 21.1. The van der Waals surface area contributed by atoms with Crippen LogP contribution in [-0.4, -0.2) is 56.5 Å². The van der Waals surface area contributed by atoms with E-state index in [-0.39, 0.29) is 11.8 Å². The van der Waals surface area contributed by atoms with E-state index in [1.54, 1.807) is 7.05 Å². The summed E-state index contributed by atoms with van der Waals surface area (Å²) in [7, 11) is 1.80.